The van der Waals surface area contributed by atoms with Crippen molar-refractivity contribution in [1.29, 1.82) is 0 Å². The summed E-state index contributed by atoms with van der Waals surface area (Å²) in [7, 11) is 0. The van der Waals surface area contributed by atoms with Crippen molar-refractivity contribution < 1.29 is 0 Å². The van der Waals surface area contributed by atoms with Crippen LogP contribution in [-0.4, -0.2) is 14.8 Å². The van der Waals surface area contributed by atoms with Gasteiger partial charge in [0.2, 0.25) is 5.43 Å². The Morgan fingerprint density at radius 2 is 1.68 bits per heavy atom. The third-order valence-corrected chi connectivity index (χ3v) is 5.22. The van der Waals surface area contributed by atoms with Crippen molar-refractivity contribution in [3.8, 4) is 0 Å². The van der Waals surface area contributed by atoms with Crippen molar-refractivity contribution in [1.82, 2.24) is 14.8 Å². The largest absolute Gasteiger partial charge is 0.350 e. The number of halogens is 2. The predicted octanol–water partition coefficient (Wildman–Crippen LogP) is 3.64. The SMILES string of the molecule is CC(Cc1ccc(Cl)cc1)n1[nH]c(=O)c2[nH]c3cc(Cl)ccc3c(=O)c2c1=O. The van der Waals surface area contributed by atoms with E-state index in [0.717, 1.165) is 5.56 Å². The summed E-state index contributed by atoms with van der Waals surface area (Å²) in [6.07, 6.45) is 0.486. The Labute approximate surface area is 168 Å². The molecule has 1 unspecified atom stereocenters. The Morgan fingerprint density at radius 1 is 1.00 bits per heavy atom. The van der Waals surface area contributed by atoms with Crippen molar-refractivity contribution >= 4 is 45.0 Å². The molecule has 0 saturated heterocycles. The lowest BCUT2D eigenvalue weighted by Gasteiger charge is -2.15. The smallest absolute Gasteiger partial charge is 0.287 e. The van der Waals surface area contributed by atoms with Gasteiger partial charge < -0.3 is 4.98 Å². The lowest BCUT2D eigenvalue weighted by molar-refractivity contribution is 0.463. The Morgan fingerprint density at radius 3 is 2.39 bits per heavy atom. The second kappa shape index (κ2) is 6.96. The van der Waals surface area contributed by atoms with Crippen LogP contribution in [0.3, 0.4) is 0 Å². The van der Waals surface area contributed by atoms with Crippen LogP contribution < -0.4 is 16.5 Å². The van der Waals surface area contributed by atoms with E-state index in [1.807, 2.05) is 12.1 Å². The maximum Gasteiger partial charge on any atom is 0.287 e. The monoisotopic (exact) mass is 415 g/mol. The Balaban J connectivity index is 1.91. The molecule has 0 saturated carbocycles. The molecule has 4 rings (SSSR count). The fourth-order valence-electron chi connectivity index (χ4n) is 3.34. The average molecular weight is 416 g/mol. The van der Waals surface area contributed by atoms with Crippen LogP contribution in [0.1, 0.15) is 18.5 Å². The van der Waals surface area contributed by atoms with E-state index in [1.165, 1.54) is 10.7 Å². The van der Waals surface area contributed by atoms with E-state index >= 15 is 0 Å². The van der Waals surface area contributed by atoms with E-state index < -0.39 is 16.5 Å². The number of rotatable bonds is 3. The number of nitrogens with zero attached hydrogens (tertiary/aromatic N) is 1. The topological polar surface area (TPSA) is 87.7 Å². The molecule has 0 aliphatic rings. The molecule has 142 valence electrons. The molecule has 0 aliphatic carbocycles. The zero-order valence-electron chi connectivity index (χ0n) is 14.8. The van der Waals surface area contributed by atoms with Crippen molar-refractivity contribution in [3.63, 3.8) is 0 Å². The molecule has 2 heterocycles. The normalized spacial score (nSPS) is 12.5. The molecule has 1 atom stereocenters. The first-order valence-electron chi connectivity index (χ1n) is 8.59. The number of hydrogen-bond donors (Lipinski definition) is 2. The van der Waals surface area contributed by atoms with E-state index in [2.05, 4.69) is 10.1 Å². The van der Waals surface area contributed by atoms with Gasteiger partial charge in [-0.1, -0.05) is 35.3 Å². The lowest BCUT2D eigenvalue weighted by atomic mass is 10.1. The highest BCUT2D eigenvalue weighted by Crippen LogP contribution is 2.17. The van der Waals surface area contributed by atoms with Crippen LogP contribution in [0.5, 0.6) is 0 Å². The minimum atomic E-state index is -0.547. The summed E-state index contributed by atoms with van der Waals surface area (Å²) < 4.78 is 1.20. The molecular weight excluding hydrogens is 401 g/mol. The number of nitrogens with one attached hydrogen (secondary N) is 2. The summed E-state index contributed by atoms with van der Waals surface area (Å²) in [5.41, 5.74) is -0.289. The van der Waals surface area contributed by atoms with E-state index in [1.54, 1.807) is 31.2 Å². The molecule has 2 aromatic heterocycles. The van der Waals surface area contributed by atoms with Crippen molar-refractivity contribution in [2.75, 3.05) is 0 Å². The predicted molar refractivity (Wildman–Crippen MR) is 112 cm³/mol. The number of hydrogen-bond acceptors (Lipinski definition) is 3. The number of aromatic amines is 2. The number of benzene rings is 2. The van der Waals surface area contributed by atoms with E-state index in [0.29, 0.717) is 27.4 Å². The van der Waals surface area contributed by atoms with Crippen molar-refractivity contribution in [2.45, 2.75) is 19.4 Å². The van der Waals surface area contributed by atoms with Crippen LogP contribution in [0.25, 0.3) is 21.8 Å². The first-order valence-corrected chi connectivity index (χ1v) is 9.35. The molecule has 0 aliphatic heterocycles. The van der Waals surface area contributed by atoms with Crippen LogP contribution in [0.4, 0.5) is 0 Å². The number of fused-ring (bicyclic) bond motifs is 2. The fourth-order valence-corrected chi connectivity index (χ4v) is 3.64. The van der Waals surface area contributed by atoms with Gasteiger partial charge in [0, 0.05) is 15.4 Å². The first-order chi connectivity index (χ1) is 13.3. The van der Waals surface area contributed by atoms with E-state index in [-0.39, 0.29) is 16.9 Å². The number of pyridine rings is 1. The summed E-state index contributed by atoms with van der Waals surface area (Å²) in [5, 5.41) is 3.75. The Kier molecular flexibility index (Phi) is 4.61. The molecular formula is C20H15Cl2N3O3. The van der Waals surface area contributed by atoms with Crippen molar-refractivity contribution in [3.05, 3.63) is 89.0 Å². The van der Waals surface area contributed by atoms with Gasteiger partial charge in [-0.3, -0.25) is 19.5 Å². The van der Waals surface area contributed by atoms with Gasteiger partial charge in [-0.2, -0.15) is 0 Å². The van der Waals surface area contributed by atoms with Gasteiger partial charge in [-0.25, -0.2) is 4.68 Å². The summed E-state index contributed by atoms with van der Waals surface area (Å²) >= 11 is 11.9. The summed E-state index contributed by atoms with van der Waals surface area (Å²) in [6, 6.07) is 11.5. The third kappa shape index (κ3) is 3.15. The molecule has 4 aromatic rings. The van der Waals surface area contributed by atoms with Gasteiger partial charge in [0.25, 0.3) is 11.1 Å². The molecule has 8 heteroatoms. The van der Waals surface area contributed by atoms with Crippen LogP contribution in [0.15, 0.2) is 56.8 Å². The highest BCUT2D eigenvalue weighted by molar-refractivity contribution is 6.31. The van der Waals surface area contributed by atoms with Crippen molar-refractivity contribution in [2.24, 2.45) is 0 Å². The highest BCUT2D eigenvalue weighted by Gasteiger charge is 2.17. The maximum absolute atomic E-state index is 13.0. The van der Waals surface area contributed by atoms with Crippen LogP contribution >= 0.6 is 23.2 Å². The average Bonchev–Trinajstić information content (AvgIpc) is 2.66. The molecule has 2 N–H and O–H groups in total. The van der Waals surface area contributed by atoms with Gasteiger partial charge in [0.15, 0.2) is 0 Å². The van der Waals surface area contributed by atoms with Gasteiger partial charge in [-0.05, 0) is 49.2 Å². The van der Waals surface area contributed by atoms with Gasteiger partial charge in [-0.15, -0.1) is 0 Å². The second-order valence-corrected chi connectivity index (χ2v) is 7.56. The highest BCUT2D eigenvalue weighted by atomic mass is 35.5. The summed E-state index contributed by atoms with van der Waals surface area (Å²) in [6.45, 7) is 1.80. The van der Waals surface area contributed by atoms with E-state index in [9.17, 15) is 14.4 Å². The first kappa shape index (κ1) is 18.5. The van der Waals surface area contributed by atoms with Gasteiger partial charge >= 0.3 is 0 Å². The molecule has 0 radical (unpaired) electrons. The third-order valence-electron chi connectivity index (χ3n) is 4.73. The standard InChI is InChI=1S/C20H15Cl2N3O3/c1-10(8-11-2-4-12(21)5-3-11)25-20(28)16-17(19(27)24-25)23-15-9-13(22)6-7-14(15)18(16)26/h2-7,9-10H,8H2,1H3,(H,23,26)(H,24,27). The van der Waals surface area contributed by atoms with Crippen LogP contribution in [-0.2, 0) is 6.42 Å². The van der Waals surface area contributed by atoms with Gasteiger partial charge in [0.05, 0.1) is 11.6 Å². The maximum atomic E-state index is 13.0. The molecule has 28 heavy (non-hydrogen) atoms. The van der Waals surface area contributed by atoms with E-state index in [4.69, 9.17) is 23.2 Å². The second-order valence-electron chi connectivity index (χ2n) is 6.69. The Hall–Kier alpha value is -2.83. The van der Waals surface area contributed by atoms with Crippen LogP contribution in [0, 0.1) is 0 Å². The fraction of sp³-hybridized carbons (Fsp3) is 0.150. The molecule has 0 fully saturated rings. The quantitative estimate of drug-likeness (QED) is 0.500. The van der Waals surface area contributed by atoms with Crippen LogP contribution in [0.2, 0.25) is 10.0 Å². The number of aromatic nitrogens is 3. The minimum Gasteiger partial charge on any atom is -0.350 e. The summed E-state index contributed by atoms with van der Waals surface area (Å²) in [4.78, 5) is 41.4. The molecule has 0 bridgehead atoms. The minimum absolute atomic E-state index is 0.0558. The molecule has 2 aromatic carbocycles. The Bertz CT molecular complexity index is 1380. The van der Waals surface area contributed by atoms with Gasteiger partial charge in [0.1, 0.15) is 10.9 Å². The molecule has 0 amide bonds. The molecule has 0 spiro atoms. The molecule has 6 nitrogen and oxygen atoms in total. The number of H-pyrrole nitrogens is 2. The zero-order valence-corrected chi connectivity index (χ0v) is 16.3. The zero-order chi connectivity index (χ0) is 20.0. The summed E-state index contributed by atoms with van der Waals surface area (Å²) in [5.74, 6) is 0. The lowest BCUT2D eigenvalue weighted by Crippen LogP contribution is -2.36.